The van der Waals surface area contributed by atoms with Gasteiger partial charge in [0.2, 0.25) is 15.9 Å². The molecule has 0 bridgehead atoms. The molecular formula is C19H25N5O3S2. The molecule has 0 N–H and O–H groups in total. The second-order valence-corrected chi connectivity index (χ2v) is 9.75. The second kappa shape index (κ2) is 9.10. The SMILES string of the molecule is C=CCn1cnnc1SCC(=O)N1CCN(S(=O)(=O)c2cc(C)ccc2C)CC1. The summed E-state index contributed by atoms with van der Waals surface area (Å²) < 4.78 is 29.3. The fourth-order valence-corrected chi connectivity index (χ4v) is 5.70. The highest BCUT2D eigenvalue weighted by atomic mass is 32.2. The highest BCUT2D eigenvalue weighted by Gasteiger charge is 2.31. The normalized spacial score (nSPS) is 15.4. The third kappa shape index (κ3) is 4.88. The van der Waals surface area contributed by atoms with Gasteiger partial charge in [0.05, 0.1) is 10.6 Å². The molecule has 10 heteroatoms. The van der Waals surface area contributed by atoms with Crippen molar-refractivity contribution in [1.29, 1.82) is 0 Å². The number of sulfonamides is 1. The van der Waals surface area contributed by atoms with Crippen LogP contribution in [0.5, 0.6) is 0 Å². The van der Waals surface area contributed by atoms with Gasteiger partial charge in [-0.25, -0.2) is 8.42 Å². The zero-order chi connectivity index (χ0) is 21.0. The summed E-state index contributed by atoms with van der Waals surface area (Å²) in [5, 5.41) is 8.53. The van der Waals surface area contributed by atoms with Gasteiger partial charge in [-0.05, 0) is 31.0 Å². The molecule has 156 valence electrons. The van der Waals surface area contributed by atoms with E-state index in [0.717, 1.165) is 11.1 Å². The monoisotopic (exact) mass is 435 g/mol. The molecule has 1 aliphatic rings. The lowest BCUT2D eigenvalue weighted by molar-refractivity contribution is -0.129. The van der Waals surface area contributed by atoms with Crippen molar-refractivity contribution < 1.29 is 13.2 Å². The van der Waals surface area contributed by atoms with Crippen molar-refractivity contribution in [2.45, 2.75) is 30.4 Å². The lowest BCUT2D eigenvalue weighted by Crippen LogP contribution is -2.51. The zero-order valence-corrected chi connectivity index (χ0v) is 18.2. The summed E-state index contributed by atoms with van der Waals surface area (Å²) in [7, 11) is -3.56. The summed E-state index contributed by atoms with van der Waals surface area (Å²) in [6.07, 6.45) is 3.34. The third-order valence-corrected chi connectivity index (χ3v) is 7.79. The van der Waals surface area contributed by atoms with Crippen LogP contribution in [0.4, 0.5) is 0 Å². The molecule has 1 aromatic carbocycles. The van der Waals surface area contributed by atoms with Crippen molar-refractivity contribution in [3.63, 3.8) is 0 Å². The minimum absolute atomic E-state index is 0.0352. The molecule has 1 saturated heterocycles. The molecule has 2 aromatic rings. The highest BCUT2D eigenvalue weighted by Crippen LogP contribution is 2.23. The van der Waals surface area contributed by atoms with Crippen molar-refractivity contribution in [2.24, 2.45) is 0 Å². The molecule has 0 aliphatic carbocycles. The quantitative estimate of drug-likeness (QED) is 0.486. The summed E-state index contributed by atoms with van der Waals surface area (Å²) in [5.74, 6) is 0.200. The lowest BCUT2D eigenvalue weighted by atomic mass is 10.2. The van der Waals surface area contributed by atoms with Crippen molar-refractivity contribution in [1.82, 2.24) is 24.0 Å². The van der Waals surface area contributed by atoms with Gasteiger partial charge < -0.3 is 9.47 Å². The van der Waals surface area contributed by atoms with Crippen LogP contribution in [0.25, 0.3) is 0 Å². The van der Waals surface area contributed by atoms with Gasteiger partial charge in [-0.3, -0.25) is 4.79 Å². The molecule has 1 amide bonds. The molecule has 1 aromatic heterocycles. The van der Waals surface area contributed by atoms with Gasteiger partial charge in [0.15, 0.2) is 5.16 Å². The van der Waals surface area contributed by atoms with Crippen LogP contribution in [0.3, 0.4) is 0 Å². The number of hydrogen-bond donors (Lipinski definition) is 0. The predicted molar refractivity (Wildman–Crippen MR) is 112 cm³/mol. The summed E-state index contributed by atoms with van der Waals surface area (Å²) in [5.41, 5.74) is 1.64. The molecule has 0 atom stereocenters. The number of piperazine rings is 1. The van der Waals surface area contributed by atoms with E-state index in [9.17, 15) is 13.2 Å². The third-order valence-electron chi connectivity index (χ3n) is 4.78. The Morgan fingerprint density at radius 3 is 2.66 bits per heavy atom. The lowest BCUT2D eigenvalue weighted by Gasteiger charge is -2.34. The Kier molecular flexibility index (Phi) is 6.76. The minimum atomic E-state index is -3.56. The van der Waals surface area contributed by atoms with Crippen LogP contribution in [0.1, 0.15) is 11.1 Å². The number of aromatic nitrogens is 3. The molecule has 0 unspecified atom stereocenters. The van der Waals surface area contributed by atoms with E-state index < -0.39 is 10.0 Å². The van der Waals surface area contributed by atoms with E-state index in [4.69, 9.17) is 0 Å². The smallest absolute Gasteiger partial charge is 0.243 e. The largest absolute Gasteiger partial charge is 0.339 e. The number of hydrogen-bond acceptors (Lipinski definition) is 6. The van der Waals surface area contributed by atoms with Crippen LogP contribution in [-0.4, -0.2) is 70.2 Å². The Hall–Kier alpha value is -2.17. The van der Waals surface area contributed by atoms with E-state index in [1.165, 1.54) is 16.1 Å². The van der Waals surface area contributed by atoms with Crippen LogP contribution in [0, 0.1) is 13.8 Å². The van der Waals surface area contributed by atoms with E-state index in [0.29, 0.717) is 42.8 Å². The topological polar surface area (TPSA) is 88.4 Å². The first-order valence-electron chi connectivity index (χ1n) is 9.29. The molecule has 3 rings (SSSR count). The zero-order valence-electron chi connectivity index (χ0n) is 16.6. The average Bonchev–Trinajstić information content (AvgIpc) is 3.15. The predicted octanol–water partition coefficient (Wildman–Crippen LogP) is 1.71. The number of benzene rings is 1. The maximum atomic E-state index is 13.0. The van der Waals surface area contributed by atoms with E-state index in [1.54, 1.807) is 30.3 Å². The summed E-state index contributed by atoms with van der Waals surface area (Å²) in [4.78, 5) is 14.6. The number of carbonyl (C=O) groups is 1. The number of amides is 1. The maximum Gasteiger partial charge on any atom is 0.243 e. The van der Waals surface area contributed by atoms with E-state index in [-0.39, 0.29) is 11.7 Å². The summed E-state index contributed by atoms with van der Waals surface area (Å²) in [6.45, 7) is 9.29. The average molecular weight is 436 g/mol. The van der Waals surface area contributed by atoms with Crippen LogP contribution < -0.4 is 0 Å². The first-order chi connectivity index (χ1) is 13.8. The van der Waals surface area contributed by atoms with Crippen LogP contribution in [0.15, 0.2) is 47.2 Å². The van der Waals surface area contributed by atoms with Gasteiger partial charge in [0, 0.05) is 32.7 Å². The standard InChI is InChI=1S/C19H25N5O3S2/c1-4-7-23-14-20-21-19(23)28-13-18(25)22-8-10-24(11-9-22)29(26,27)17-12-15(2)5-6-16(17)3/h4-6,12,14H,1,7-11,13H2,2-3H3. The van der Waals surface area contributed by atoms with Crippen molar-refractivity contribution in [2.75, 3.05) is 31.9 Å². The van der Waals surface area contributed by atoms with Crippen LogP contribution in [-0.2, 0) is 21.4 Å². The molecule has 8 nitrogen and oxygen atoms in total. The number of thioether (sulfide) groups is 1. The van der Waals surface area contributed by atoms with E-state index in [2.05, 4.69) is 16.8 Å². The molecule has 1 fully saturated rings. The summed E-state index contributed by atoms with van der Waals surface area (Å²) in [6, 6.07) is 5.43. The van der Waals surface area contributed by atoms with E-state index in [1.807, 2.05) is 23.6 Å². The first-order valence-corrected chi connectivity index (χ1v) is 11.7. The molecule has 0 spiro atoms. The van der Waals surface area contributed by atoms with Crippen molar-refractivity contribution in [3.05, 3.63) is 48.3 Å². The van der Waals surface area contributed by atoms with Gasteiger partial charge in [0.25, 0.3) is 0 Å². The fourth-order valence-electron chi connectivity index (χ4n) is 3.14. The Bertz CT molecular complexity index is 995. The van der Waals surface area contributed by atoms with Gasteiger partial charge in [-0.1, -0.05) is 30.0 Å². The van der Waals surface area contributed by atoms with Gasteiger partial charge >= 0.3 is 0 Å². The Labute approximate surface area is 175 Å². The molecule has 0 saturated carbocycles. The first kappa shape index (κ1) is 21.5. The van der Waals surface area contributed by atoms with Gasteiger partial charge in [-0.15, -0.1) is 16.8 Å². The number of nitrogens with zero attached hydrogens (tertiary/aromatic N) is 5. The number of rotatable bonds is 7. The number of aryl methyl sites for hydroxylation is 2. The van der Waals surface area contributed by atoms with Crippen LogP contribution >= 0.6 is 11.8 Å². The Morgan fingerprint density at radius 1 is 1.24 bits per heavy atom. The molecule has 0 radical (unpaired) electrons. The second-order valence-electron chi connectivity index (χ2n) is 6.90. The van der Waals surface area contributed by atoms with Gasteiger partial charge in [-0.2, -0.15) is 4.31 Å². The number of allylic oxidation sites excluding steroid dienone is 1. The fraction of sp³-hybridized carbons (Fsp3) is 0.421. The molecule has 29 heavy (non-hydrogen) atoms. The Balaban J connectivity index is 1.58. The Morgan fingerprint density at radius 2 is 1.97 bits per heavy atom. The maximum absolute atomic E-state index is 13.0. The van der Waals surface area contributed by atoms with Crippen molar-refractivity contribution >= 4 is 27.7 Å². The van der Waals surface area contributed by atoms with Crippen LogP contribution in [0.2, 0.25) is 0 Å². The minimum Gasteiger partial charge on any atom is -0.339 e. The van der Waals surface area contributed by atoms with E-state index >= 15 is 0 Å². The van der Waals surface area contributed by atoms with Gasteiger partial charge in [0.1, 0.15) is 6.33 Å². The molecular weight excluding hydrogens is 410 g/mol. The summed E-state index contributed by atoms with van der Waals surface area (Å²) >= 11 is 1.32. The molecule has 2 heterocycles. The highest BCUT2D eigenvalue weighted by molar-refractivity contribution is 7.99. The van der Waals surface area contributed by atoms with Crippen molar-refractivity contribution in [3.8, 4) is 0 Å². The molecule has 1 aliphatic heterocycles. The number of carbonyl (C=O) groups excluding carboxylic acids is 1.